The Hall–Kier alpha value is -0.830. The van der Waals surface area contributed by atoms with Gasteiger partial charge in [-0.1, -0.05) is 32.3 Å². The molecule has 0 spiro atoms. The van der Waals surface area contributed by atoms with E-state index in [4.69, 9.17) is 0 Å². The van der Waals surface area contributed by atoms with Gasteiger partial charge in [0.25, 0.3) is 5.91 Å². The van der Waals surface area contributed by atoms with Gasteiger partial charge in [0.05, 0.1) is 4.88 Å². The van der Waals surface area contributed by atoms with E-state index in [1.165, 1.54) is 43.4 Å². The molecule has 2 rings (SSSR count). The molecule has 1 saturated carbocycles. The molecule has 1 aromatic heterocycles. The first-order valence-corrected chi connectivity index (χ1v) is 7.53. The highest BCUT2D eigenvalue weighted by Crippen LogP contribution is 2.28. The Bertz CT molecular complexity index is 341. The second-order valence-corrected chi connectivity index (χ2v) is 5.81. The number of carbonyl (C=O) groups is 1. The Morgan fingerprint density at radius 3 is 2.82 bits per heavy atom. The lowest BCUT2D eigenvalue weighted by Gasteiger charge is -2.30. The Balaban J connectivity index is 1.92. The predicted octanol–water partition coefficient (Wildman–Crippen LogP) is 3.84. The van der Waals surface area contributed by atoms with Gasteiger partial charge in [-0.05, 0) is 36.6 Å². The molecular formula is C14H21NOS. The average Bonchev–Trinajstić information content (AvgIpc) is 2.90. The molecule has 1 amide bonds. The van der Waals surface area contributed by atoms with Crippen molar-refractivity contribution in [3.8, 4) is 0 Å². The zero-order valence-corrected chi connectivity index (χ0v) is 11.3. The second-order valence-electron chi connectivity index (χ2n) is 4.86. The zero-order valence-electron chi connectivity index (χ0n) is 10.4. The maximum atomic E-state index is 12.0. The van der Waals surface area contributed by atoms with Crippen LogP contribution in [0, 0.1) is 5.92 Å². The number of nitrogens with one attached hydrogen (secondary N) is 1. The van der Waals surface area contributed by atoms with Crippen LogP contribution >= 0.6 is 11.3 Å². The first-order valence-electron chi connectivity index (χ1n) is 6.65. The molecule has 0 aromatic carbocycles. The summed E-state index contributed by atoms with van der Waals surface area (Å²) in [6.07, 6.45) is 7.63. The highest BCUT2D eigenvalue weighted by molar-refractivity contribution is 7.12. The van der Waals surface area contributed by atoms with Crippen molar-refractivity contribution >= 4 is 17.2 Å². The van der Waals surface area contributed by atoms with Crippen LogP contribution in [0.3, 0.4) is 0 Å². The molecule has 1 fully saturated rings. The Morgan fingerprint density at radius 1 is 1.47 bits per heavy atom. The van der Waals surface area contributed by atoms with Gasteiger partial charge in [-0.25, -0.2) is 0 Å². The summed E-state index contributed by atoms with van der Waals surface area (Å²) >= 11 is 1.52. The van der Waals surface area contributed by atoms with Gasteiger partial charge in [0.1, 0.15) is 0 Å². The largest absolute Gasteiger partial charge is 0.348 e. The van der Waals surface area contributed by atoms with Crippen LogP contribution in [-0.2, 0) is 0 Å². The van der Waals surface area contributed by atoms with E-state index in [0.29, 0.717) is 12.0 Å². The van der Waals surface area contributed by atoms with E-state index in [-0.39, 0.29) is 5.91 Å². The van der Waals surface area contributed by atoms with Crippen molar-refractivity contribution in [2.75, 3.05) is 0 Å². The minimum Gasteiger partial charge on any atom is -0.348 e. The monoisotopic (exact) mass is 251 g/mol. The smallest absolute Gasteiger partial charge is 0.261 e. The summed E-state index contributed by atoms with van der Waals surface area (Å²) in [6.45, 7) is 2.17. The summed E-state index contributed by atoms with van der Waals surface area (Å²) in [7, 11) is 0. The fourth-order valence-electron chi connectivity index (χ4n) is 2.74. The number of amides is 1. The van der Waals surface area contributed by atoms with E-state index >= 15 is 0 Å². The molecule has 1 aliphatic rings. The molecule has 2 nitrogen and oxygen atoms in total. The molecule has 0 radical (unpaired) electrons. The summed E-state index contributed by atoms with van der Waals surface area (Å²) in [4.78, 5) is 12.8. The van der Waals surface area contributed by atoms with E-state index in [1.54, 1.807) is 0 Å². The van der Waals surface area contributed by atoms with Gasteiger partial charge in [0.15, 0.2) is 0 Å². The Labute approximate surface area is 107 Å². The van der Waals surface area contributed by atoms with Crippen molar-refractivity contribution in [2.24, 2.45) is 5.92 Å². The van der Waals surface area contributed by atoms with Gasteiger partial charge in [-0.2, -0.15) is 0 Å². The Kier molecular flexibility index (Phi) is 4.60. The van der Waals surface area contributed by atoms with Gasteiger partial charge in [0, 0.05) is 6.04 Å². The quantitative estimate of drug-likeness (QED) is 0.865. The SMILES string of the molecule is CCC(NC(=O)c1cccs1)C1CCCCC1. The lowest BCUT2D eigenvalue weighted by atomic mass is 9.83. The van der Waals surface area contributed by atoms with E-state index in [2.05, 4.69) is 12.2 Å². The van der Waals surface area contributed by atoms with Gasteiger partial charge in [-0.3, -0.25) is 4.79 Å². The number of rotatable bonds is 4. The van der Waals surface area contributed by atoms with Crippen LogP contribution in [0.15, 0.2) is 17.5 Å². The van der Waals surface area contributed by atoms with E-state index in [1.807, 2.05) is 17.5 Å². The molecule has 94 valence electrons. The van der Waals surface area contributed by atoms with E-state index < -0.39 is 0 Å². The first kappa shape index (κ1) is 12.6. The van der Waals surface area contributed by atoms with Gasteiger partial charge < -0.3 is 5.32 Å². The minimum absolute atomic E-state index is 0.109. The highest BCUT2D eigenvalue weighted by atomic mass is 32.1. The third kappa shape index (κ3) is 3.32. The maximum Gasteiger partial charge on any atom is 0.261 e. The predicted molar refractivity (Wildman–Crippen MR) is 72.4 cm³/mol. The van der Waals surface area contributed by atoms with Crippen molar-refractivity contribution in [3.05, 3.63) is 22.4 Å². The molecule has 0 aliphatic heterocycles. The Morgan fingerprint density at radius 2 is 2.24 bits per heavy atom. The van der Waals surface area contributed by atoms with Crippen LogP contribution in [0.2, 0.25) is 0 Å². The van der Waals surface area contributed by atoms with Crippen LogP contribution in [0.4, 0.5) is 0 Å². The van der Waals surface area contributed by atoms with Crippen molar-refractivity contribution in [2.45, 2.75) is 51.5 Å². The topological polar surface area (TPSA) is 29.1 Å². The van der Waals surface area contributed by atoms with Crippen molar-refractivity contribution in [1.82, 2.24) is 5.32 Å². The van der Waals surface area contributed by atoms with Crippen molar-refractivity contribution in [3.63, 3.8) is 0 Å². The summed E-state index contributed by atoms with van der Waals surface area (Å²) in [5.41, 5.74) is 0. The maximum absolute atomic E-state index is 12.0. The number of hydrogen-bond donors (Lipinski definition) is 1. The summed E-state index contributed by atoms with van der Waals surface area (Å²) < 4.78 is 0. The lowest BCUT2D eigenvalue weighted by molar-refractivity contribution is 0.0915. The molecule has 0 bridgehead atoms. The molecule has 1 N–H and O–H groups in total. The first-order chi connectivity index (χ1) is 8.31. The third-order valence-electron chi connectivity index (χ3n) is 3.72. The lowest BCUT2D eigenvalue weighted by Crippen LogP contribution is -2.40. The summed E-state index contributed by atoms with van der Waals surface area (Å²) in [6, 6.07) is 4.19. The molecule has 1 aliphatic carbocycles. The van der Waals surface area contributed by atoms with Crippen molar-refractivity contribution in [1.29, 1.82) is 0 Å². The van der Waals surface area contributed by atoms with Gasteiger partial charge >= 0.3 is 0 Å². The molecule has 1 unspecified atom stereocenters. The van der Waals surface area contributed by atoms with Crippen LogP contribution in [0.5, 0.6) is 0 Å². The molecule has 17 heavy (non-hydrogen) atoms. The fraction of sp³-hybridized carbons (Fsp3) is 0.643. The van der Waals surface area contributed by atoms with Crippen LogP contribution in [0.1, 0.15) is 55.1 Å². The highest BCUT2D eigenvalue weighted by Gasteiger charge is 2.24. The van der Waals surface area contributed by atoms with Crippen molar-refractivity contribution < 1.29 is 4.79 Å². The molecule has 1 heterocycles. The molecule has 1 aromatic rings. The minimum atomic E-state index is 0.109. The van der Waals surface area contributed by atoms with E-state index in [0.717, 1.165) is 11.3 Å². The summed E-state index contributed by atoms with van der Waals surface area (Å²) in [5.74, 6) is 0.801. The van der Waals surface area contributed by atoms with Gasteiger partial charge in [0.2, 0.25) is 0 Å². The van der Waals surface area contributed by atoms with Gasteiger partial charge in [-0.15, -0.1) is 11.3 Å². The van der Waals surface area contributed by atoms with E-state index in [9.17, 15) is 4.79 Å². The average molecular weight is 251 g/mol. The van der Waals surface area contributed by atoms with Crippen LogP contribution in [0.25, 0.3) is 0 Å². The molecule has 1 atom stereocenters. The third-order valence-corrected chi connectivity index (χ3v) is 4.59. The van der Waals surface area contributed by atoms with Crippen LogP contribution in [-0.4, -0.2) is 11.9 Å². The standard InChI is InChI=1S/C14H21NOS/c1-2-12(11-7-4-3-5-8-11)15-14(16)13-9-6-10-17-13/h6,9-12H,2-5,7-8H2,1H3,(H,15,16). The number of carbonyl (C=O) groups excluding carboxylic acids is 1. The zero-order chi connectivity index (χ0) is 12.1. The molecular weight excluding hydrogens is 230 g/mol. The number of hydrogen-bond acceptors (Lipinski definition) is 2. The summed E-state index contributed by atoms with van der Waals surface area (Å²) in [5, 5.41) is 5.17. The number of thiophene rings is 1. The molecule has 3 heteroatoms. The molecule has 0 saturated heterocycles. The fourth-order valence-corrected chi connectivity index (χ4v) is 3.36. The van der Waals surface area contributed by atoms with Crippen LogP contribution < -0.4 is 5.32 Å². The normalized spacial score (nSPS) is 18.9. The second kappa shape index (κ2) is 6.20.